The molecule has 21 heavy (non-hydrogen) atoms. The monoisotopic (exact) mass is 307 g/mol. The molecule has 2 N–H and O–H groups in total. The summed E-state index contributed by atoms with van der Waals surface area (Å²) in [6.45, 7) is 0. The van der Waals surface area contributed by atoms with E-state index in [1.54, 1.807) is 0 Å². The summed E-state index contributed by atoms with van der Waals surface area (Å²) < 4.78 is 82.3. The summed E-state index contributed by atoms with van der Waals surface area (Å²) in [5.74, 6) is -5.39. The molecule has 0 spiro atoms. The Morgan fingerprint density at radius 1 is 0.857 bits per heavy atom. The second-order valence-electron chi connectivity index (χ2n) is 4.06. The summed E-state index contributed by atoms with van der Waals surface area (Å²) in [4.78, 5) is 0. The maximum Gasteiger partial charge on any atom is 0.419 e. The third kappa shape index (κ3) is 3.21. The van der Waals surface area contributed by atoms with E-state index < -0.39 is 40.7 Å². The zero-order chi connectivity index (χ0) is 15.8. The summed E-state index contributed by atoms with van der Waals surface area (Å²) in [5.41, 5.74) is 3.37. The van der Waals surface area contributed by atoms with Gasteiger partial charge in [-0.2, -0.15) is 13.2 Å². The molecule has 0 amide bonds. The van der Waals surface area contributed by atoms with Crippen molar-refractivity contribution in [3.8, 4) is 11.5 Å². The lowest BCUT2D eigenvalue weighted by atomic mass is 10.2. The predicted molar refractivity (Wildman–Crippen MR) is 62.2 cm³/mol. The van der Waals surface area contributed by atoms with Gasteiger partial charge in [-0.25, -0.2) is 13.2 Å². The number of hydrogen-bond donors (Lipinski definition) is 1. The molecule has 112 valence electrons. The summed E-state index contributed by atoms with van der Waals surface area (Å²) >= 11 is 0. The molecule has 0 aliphatic heterocycles. The van der Waals surface area contributed by atoms with Gasteiger partial charge in [0.15, 0.2) is 17.4 Å². The molecule has 0 fully saturated rings. The number of rotatable bonds is 2. The van der Waals surface area contributed by atoms with Crippen LogP contribution in [0.5, 0.6) is 11.5 Å². The second kappa shape index (κ2) is 5.19. The Labute approximate surface area is 114 Å². The molecule has 0 saturated heterocycles. The van der Waals surface area contributed by atoms with E-state index in [1.807, 2.05) is 0 Å². The van der Waals surface area contributed by atoms with Gasteiger partial charge in [0, 0.05) is 17.8 Å². The number of benzene rings is 2. The Kier molecular flexibility index (Phi) is 3.71. The number of anilines is 1. The van der Waals surface area contributed by atoms with Gasteiger partial charge in [-0.1, -0.05) is 0 Å². The molecule has 0 radical (unpaired) electrons. The molecule has 0 saturated carbocycles. The number of nitrogen functional groups attached to an aromatic ring is 1. The van der Waals surface area contributed by atoms with Crippen LogP contribution in [0.4, 0.5) is 32.0 Å². The highest BCUT2D eigenvalue weighted by molar-refractivity contribution is 5.46. The molecular formula is C13H7F6NO. The van der Waals surface area contributed by atoms with E-state index in [9.17, 15) is 26.3 Å². The molecule has 0 atom stereocenters. The maximum atomic E-state index is 13.5. The van der Waals surface area contributed by atoms with E-state index in [0.717, 1.165) is 18.2 Å². The lowest BCUT2D eigenvalue weighted by Crippen LogP contribution is -2.08. The predicted octanol–water partition coefficient (Wildman–Crippen LogP) is 4.50. The molecule has 0 heterocycles. The van der Waals surface area contributed by atoms with Crippen molar-refractivity contribution in [3.05, 3.63) is 53.3 Å². The maximum absolute atomic E-state index is 13.5. The smallest absolute Gasteiger partial charge is 0.419 e. The van der Waals surface area contributed by atoms with E-state index in [1.165, 1.54) is 0 Å². The van der Waals surface area contributed by atoms with Crippen LogP contribution in [0.3, 0.4) is 0 Å². The topological polar surface area (TPSA) is 35.2 Å². The SMILES string of the molecule is Nc1cc(F)c(Oc2ccc(F)c(C(F)(F)F)c2)c(F)c1. The molecular weight excluding hydrogens is 300 g/mol. The van der Waals surface area contributed by atoms with E-state index in [4.69, 9.17) is 10.5 Å². The molecule has 0 aliphatic rings. The van der Waals surface area contributed by atoms with Crippen LogP contribution < -0.4 is 10.5 Å². The first-order valence-electron chi connectivity index (χ1n) is 5.47. The Balaban J connectivity index is 2.42. The standard InChI is InChI=1S/C13H7F6NO/c14-9-2-1-7(5-8(9)13(17,18)19)21-12-10(15)3-6(20)4-11(12)16/h1-5H,20H2. The van der Waals surface area contributed by atoms with Crippen LogP contribution in [0.25, 0.3) is 0 Å². The summed E-state index contributed by atoms with van der Waals surface area (Å²) in [5, 5.41) is 0. The highest BCUT2D eigenvalue weighted by atomic mass is 19.4. The van der Waals surface area contributed by atoms with Crippen LogP contribution in [0, 0.1) is 17.5 Å². The normalized spacial score (nSPS) is 11.5. The largest absolute Gasteiger partial charge is 0.451 e. The zero-order valence-corrected chi connectivity index (χ0v) is 10.1. The first-order chi connectivity index (χ1) is 9.68. The van der Waals surface area contributed by atoms with Gasteiger partial charge in [0.25, 0.3) is 0 Å². The van der Waals surface area contributed by atoms with E-state index in [2.05, 4.69) is 0 Å². The van der Waals surface area contributed by atoms with Gasteiger partial charge in [0.2, 0.25) is 0 Å². The lowest BCUT2D eigenvalue weighted by molar-refractivity contribution is -0.140. The Morgan fingerprint density at radius 3 is 1.95 bits per heavy atom. The summed E-state index contributed by atoms with van der Waals surface area (Å²) in [7, 11) is 0. The van der Waals surface area contributed by atoms with Crippen molar-refractivity contribution in [1.29, 1.82) is 0 Å². The highest BCUT2D eigenvalue weighted by Gasteiger charge is 2.34. The second-order valence-corrected chi connectivity index (χ2v) is 4.06. The molecule has 0 aliphatic carbocycles. The van der Waals surface area contributed by atoms with Crippen LogP contribution in [0.15, 0.2) is 30.3 Å². The minimum Gasteiger partial charge on any atom is -0.451 e. The number of ether oxygens (including phenoxy) is 1. The van der Waals surface area contributed by atoms with Crippen molar-refractivity contribution in [1.82, 2.24) is 0 Å². The molecule has 2 aromatic carbocycles. The highest BCUT2D eigenvalue weighted by Crippen LogP contribution is 2.36. The van der Waals surface area contributed by atoms with Crippen LogP contribution >= 0.6 is 0 Å². The molecule has 0 bridgehead atoms. The molecule has 2 nitrogen and oxygen atoms in total. The quantitative estimate of drug-likeness (QED) is 0.655. The van der Waals surface area contributed by atoms with E-state index >= 15 is 0 Å². The van der Waals surface area contributed by atoms with Crippen molar-refractivity contribution in [2.24, 2.45) is 0 Å². The van der Waals surface area contributed by atoms with Crippen molar-refractivity contribution < 1.29 is 31.1 Å². The van der Waals surface area contributed by atoms with Gasteiger partial charge in [0.1, 0.15) is 11.6 Å². The van der Waals surface area contributed by atoms with Crippen molar-refractivity contribution >= 4 is 5.69 Å². The number of halogens is 6. The van der Waals surface area contributed by atoms with Crippen molar-refractivity contribution in [2.45, 2.75) is 6.18 Å². The average molecular weight is 307 g/mol. The molecule has 0 aromatic heterocycles. The molecule has 0 unspecified atom stereocenters. The van der Waals surface area contributed by atoms with Gasteiger partial charge < -0.3 is 10.5 Å². The van der Waals surface area contributed by atoms with E-state index in [-0.39, 0.29) is 5.69 Å². The van der Waals surface area contributed by atoms with Gasteiger partial charge in [-0.15, -0.1) is 0 Å². The number of hydrogen-bond acceptors (Lipinski definition) is 2. The lowest BCUT2D eigenvalue weighted by Gasteiger charge is -2.12. The zero-order valence-electron chi connectivity index (χ0n) is 10.1. The molecule has 2 aromatic rings. The summed E-state index contributed by atoms with van der Waals surface area (Å²) in [6, 6.07) is 3.11. The fourth-order valence-electron chi connectivity index (χ4n) is 1.58. The number of alkyl halides is 3. The van der Waals surface area contributed by atoms with Gasteiger partial charge in [-0.05, 0) is 18.2 Å². The van der Waals surface area contributed by atoms with Gasteiger partial charge in [0.05, 0.1) is 5.56 Å². The average Bonchev–Trinajstić information content (AvgIpc) is 2.34. The molecule has 2 rings (SSSR count). The minimum atomic E-state index is -4.96. The van der Waals surface area contributed by atoms with Gasteiger partial charge >= 0.3 is 6.18 Å². The third-order valence-corrected chi connectivity index (χ3v) is 2.48. The van der Waals surface area contributed by atoms with Crippen LogP contribution in [0.2, 0.25) is 0 Å². The fourth-order valence-corrected chi connectivity index (χ4v) is 1.58. The third-order valence-electron chi connectivity index (χ3n) is 2.48. The minimum absolute atomic E-state index is 0.215. The van der Waals surface area contributed by atoms with Crippen molar-refractivity contribution in [3.63, 3.8) is 0 Å². The van der Waals surface area contributed by atoms with Crippen LogP contribution in [0.1, 0.15) is 5.56 Å². The van der Waals surface area contributed by atoms with Crippen molar-refractivity contribution in [2.75, 3.05) is 5.73 Å². The number of nitrogens with two attached hydrogens (primary N) is 1. The molecule has 8 heteroatoms. The Morgan fingerprint density at radius 2 is 1.43 bits per heavy atom. The van der Waals surface area contributed by atoms with E-state index in [0.29, 0.717) is 12.1 Å². The summed E-state index contributed by atoms with van der Waals surface area (Å²) in [6.07, 6.45) is -4.96. The van der Waals surface area contributed by atoms with Crippen LogP contribution in [-0.2, 0) is 6.18 Å². The van der Waals surface area contributed by atoms with Gasteiger partial charge in [-0.3, -0.25) is 0 Å². The first kappa shape index (κ1) is 15.0. The van der Waals surface area contributed by atoms with Crippen LogP contribution in [-0.4, -0.2) is 0 Å². The Hall–Kier alpha value is -2.38. The fraction of sp³-hybridized carbons (Fsp3) is 0.0769. The first-order valence-corrected chi connectivity index (χ1v) is 5.47. The Bertz CT molecular complexity index is 660.